The monoisotopic (exact) mass is 368 g/mol. The fourth-order valence-corrected chi connectivity index (χ4v) is 7.20. The van der Waals surface area contributed by atoms with Gasteiger partial charge >= 0.3 is 0 Å². The van der Waals surface area contributed by atoms with E-state index in [1.165, 1.54) is 11.8 Å². The van der Waals surface area contributed by atoms with Crippen LogP contribution in [0.15, 0.2) is 29.3 Å². The van der Waals surface area contributed by atoms with Gasteiger partial charge in [0.25, 0.3) is 5.91 Å². The van der Waals surface area contributed by atoms with Crippen LogP contribution < -0.4 is 4.74 Å². The number of amides is 1. The summed E-state index contributed by atoms with van der Waals surface area (Å²) < 4.78 is 28.8. The molecule has 0 spiro atoms. The van der Waals surface area contributed by atoms with E-state index in [-0.39, 0.29) is 35.1 Å². The number of methoxy groups -OCH3 is 1. The van der Waals surface area contributed by atoms with Crippen LogP contribution in [0, 0.1) is 0 Å². The van der Waals surface area contributed by atoms with Gasteiger partial charge < -0.3 is 9.64 Å². The topological polar surface area (TPSA) is 76.0 Å². The summed E-state index contributed by atoms with van der Waals surface area (Å²) in [6.45, 7) is 2.60. The zero-order chi connectivity index (χ0) is 17.3. The standard InChI is InChI=1S/C16H20N2O4S2/c1-3-18-12-9-24(20,21)10-14(12)23-16(18)17-15(19)8-11-6-4-5-7-13(11)22-2/h4-7,12,14H,3,8-10H2,1-2H3/t12-,14-/m0/s1. The lowest BCUT2D eigenvalue weighted by atomic mass is 10.1. The number of hydrogen-bond donors (Lipinski definition) is 0. The Bertz CT molecular complexity index is 776. The molecular weight excluding hydrogens is 348 g/mol. The highest BCUT2D eigenvalue weighted by molar-refractivity contribution is 8.15. The Balaban J connectivity index is 1.75. The van der Waals surface area contributed by atoms with Crippen LogP contribution in [0.3, 0.4) is 0 Å². The molecule has 0 unspecified atom stereocenters. The van der Waals surface area contributed by atoms with Gasteiger partial charge in [-0.05, 0) is 13.0 Å². The first kappa shape index (κ1) is 17.3. The number of nitrogens with zero attached hydrogens (tertiary/aromatic N) is 2. The smallest absolute Gasteiger partial charge is 0.252 e. The van der Waals surface area contributed by atoms with Gasteiger partial charge in [-0.1, -0.05) is 30.0 Å². The minimum absolute atomic E-state index is 0.0206. The van der Waals surface area contributed by atoms with E-state index in [0.29, 0.717) is 17.5 Å². The molecule has 6 nitrogen and oxygen atoms in total. The van der Waals surface area contributed by atoms with E-state index in [4.69, 9.17) is 4.74 Å². The normalized spacial score (nSPS) is 26.6. The maximum atomic E-state index is 12.3. The van der Waals surface area contributed by atoms with Crippen LogP contribution in [0.4, 0.5) is 0 Å². The van der Waals surface area contributed by atoms with Gasteiger partial charge in [0.15, 0.2) is 15.0 Å². The lowest BCUT2D eigenvalue weighted by Gasteiger charge is -2.22. The number of amidine groups is 1. The van der Waals surface area contributed by atoms with Crippen molar-refractivity contribution in [2.75, 3.05) is 25.2 Å². The highest BCUT2D eigenvalue weighted by Gasteiger charge is 2.48. The average molecular weight is 368 g/mol. The van der Waals surface area contributed by atoms with Crippen molar-refractivity contribution < 1.29 is 17.9 Å². The van der Waals surface area contributed by atoms with Gasteiger partial charge in [-0.3, -0.25) is 4.79 Å². The van der Waals surface area contributed by atoms with Crippen LogP contribution in [0.1, 0.15) is 12.5 Å². The van der Waals surface area contributed by atoms with Crippen LogP contribution in [0.5, 0.6) is 5.75 Å². The zero-order valence-electron chi connectivity index (χ0n) is 13.6. The van der Waals surface area contributed by atoms with Crippen molar-refractivity contribution >= 4 is 32.7 Å². The molecule has 0 N–H and O–H groups in total. The first-order valence-corrected chi connectivity index (χ1v) is 10.5. The molecule has 2 atom stereocenters. The van der Waals surface area contributed by atoms with Gasteiger partial charge in [-0.25, -0.2) is 8.42 Å². The SMILES string of the molecule is CCN1C(=NC(=O)Cc2ccccc2OC)S[C@H]2CS(=O)(=O)C[C@@H]21. The molecule has 3 rings (SSSR count). The second-order valence-corrected chi connectivity index (χ2v) is 9.22. The fraction of sp³-hybridized carbons (Fsp3) is 0.500. The Morgan fingerprint density at radius 2 is 2.12 bits per heavy atom. The number of carbonyl (C=O) groups excluding carboxylic acids is 1. The van der Waals surface area contributed by atoms with Crippen molar-refractivity contribution in [2.45, 2.75) is 24.6 Å². The Kier molecular flexibility index (Phi) is 4.87. The number of ether oxygens (including phenoxy) is 1. The lowest BCUT2D eigenvalue weighted by molar-refractivity contribution is -0.117. The number of fused-ring (bicyclic) bond motifs is 1. The maximum absolute atomic E-state index is 12.3. The van der Waals surface area contributed by atoms with Crippen molar-refractivity contribution in [3.05, 3.63) is 29.8 Å². The molecule has 2 heterocycles. The van der Waals surface area contributed by atoms with Gasteiger partial charge in [0.05, 0.1) is 31.1 Å². The number of para-hydroxylation sites is 1. The summed E-state index contributed by atoms with van der Waals surface area (Å²) in [6.07, 6.45) is 0.166. The van der Waals surface area contributed by atoms with Gasteiger partial charge in [-0.2, -0.15) is 4.99 Å². The van der Waals surface area contributed by atoms with E-state index in [9.17, 15) is 13.2 Å². The molecule has 1 amide bonds. The maximum Gasteiger partial charge on any atom is 0.252 e. The molecule has 2 fully saturated rings. The fourth-order valence-electron chi connectivity index (χ4n) is 3.16. The van der Waals surface area contributed by atoms with Crippen LogP contribution in [-0.4, -0.2) is 60.8 Å². The number of thioether (sulfide) groups is 1. The Morgan fingerprint density at radius 3 is 2.83 bits per heavy atom. The van der Waals surface area contributed by atoms with Crippen molar-refractivity contribution in [2.24, 2.45) is 4.99 Å². The summed E-state index contributed by atoms with van der Waals surface area (Å²) in [5, 5.41) is 0.620. The highest BCUT2D eigenvalue weighted by atomic mass is 32.2. The zero-order valence-corrected chi connectivity index (χ0v) is 15.3. The number of aliphatic imine (C=N–C) groups is 1. The third-order valence-electron chi connectivity index (χ3n) is 4.27. The second kappa shape index (κ2) is 6.76. The summed E-state index contributed by atoms with van der Waals surface area (Å²) in [5.74, 6) is 0.736. The van der Waals surface area contributed by atoms with Gasteiger partial charge in [-0.15, -0.1) is 0 Å². The summed E-state index contributed by atoms with van der Waals surface area (Å²) in [5.41, 5.74) is 0.795. The average Bonchev–Trinajstić information content (AvgIpc) is 2.98. The predicted octanol–water partition coefficient (Wildman–Crippen LogP) is 1.35. The molecule has 2 aliphatic rings. The molecule has 0 radical (unpaired) electrons. The summed E-state index contributed by atoms with van der Waals surface area (Å²) in [4.78, 5) is 18.5. The quantitative estimate of drug-likeness (QED) is 0.799. The second-order valence-electron chi connectivity index (χ2n) is 5.86. The number of benzene rings is 1. The summed E-state index contributed by atoms with van der Waals surface area (Å²) >= 11 is 1.41. The summed E-state index contributed by atoms with van der Waals surface area (Å²) in [7, 11) is -1.41. The minimum Gasteiger partial charge on any atom is -0.496 e. The molecular formula is C16H20N2O4S2. The largest absolute Gasteiger partial charge is 0.496 e. The molecule has 1 aromatic carbocycles. The van der Waals surface area contributed by atoms with E-state index < -0.39 is 9.84 Å². The van der Waals surface area contributed by atoms with Gasteiger partial charge in [0.2, 0.25) is 0 Å². The molecule has 1 aromatic rings. The van der Waals surface area contributed by atoms with Crippen LogP contribution in [0.25, 0.3) is 0 Å². The van der Waals surface area contributed by atoms with E-state index in [1.54, 1.807) is 7.11 Å². The van der Waals surface area contributed by atoms with E-state index >= 15 is 0 Å². The van der Waals surface area contributed by atoms with E-state index in [1.807, 2.05) is 36.1 Å². The van der Waals surface area contributed by atoms with Crippen molar-refractivity contribution in [1.82, 2.24) is 4.90 Å². The van der Waals surface area contributed by atoms with Crippen molar-refractivity contribution in [3.8, 4) is 5.75 Å². The molecule has 0 aliphatic carbocycles. The predicted molar refractivity (Wildman–Crippen MR) is 95.3 cm³/mol. The number of hydrogen-bond acceptors (Lipinski definition) is 5. The number of sulfone groups is 1. The van der Waals surface area contributed by atoms with Crippen molar-refractivity contribution in [3.63, 3.8) is 0 Å². The lowest BCUT2D eigenvalue weighted by Crippen LogP contribution is -2.37. The molecule has 8 heteroatoms. The molecule has 130 valence electrons. The minimum atomic E-state index is -2.98. The third kappa shape index (κ3) is 3.44. The highest BCUT2D eigenvalue weighted by Crippen LogP contribution is 2.37. The van der Waals surface area contributed by atoms with Crippen LogP contribution in [0.2, 0.25) is 0 Å². The Morgan fingerprint density at radius 1 is 1.38 bits per heavy atom. The van der Waals surface area contributed by atoms with Gasteiger partial charge in [0, 0.05) is 17.4 Å². The molecule has 24 heavy (non-hydrogen) atoms. The Labute approximate surface area is 146 Å². The molecule has 0 aromatic heterocycles. The number of carbonyl (C=O) groups is 1. The number of rotatable bonds is 4. The van der Waals surface area contributed by atoms with Crippen molar-refractivity contribution in [1.29, 1.82) is 0 Å². The van der Waals surface area contributed by atoms with Gasteiger partial charge in [0.1, 0.15) is 5.75 Å². The molecule has 0 bridgehead atoms. The summed E-state index contributed by atoms with van der Waals surface area (Å²) in [6, 6.07) is 7.30. The van der Waals surface area contributed by atoms with E-state index in [2.05, 4.69) is 4.99 Å². The van der Waals surface area contributed by atoms with Crippen LogP contribution in [-0.2, 0) is 21.1 Å². The third-order valence-corrected chi connectivity index (χ3v) is 7.52. The molecule has 2 aliphatic heterocycles. The molecule has 0 saturated carbocycles. The molecule has 2 saturated heterocycles. The first-order valence-electron chi connectivity index (χ1n) is 7.80. The van der Waals surface area contributed by atoms with E-state index in [0.717, 1.165) is 5.56 Å². The Hall–Kier alpha value is -1.54. The van der Waals surface area contributed by atoms with Crippen LogP contribution >= 0.6 is 11.8 Å². The first-order chi connectivity index (χ1) is 11.4.